The second-order valence-corrected chi connectivity index (χ2v) is 10.3. The molecule has 0 atom stereocenters. The molecule has 43 heavy (non-hydrogen) atoms. The van der Waals surface area contributed by atoms with Gasteiger partial charge in [-0.1, -0.05) is 6.07 Å². The number of hydrogen-bond acceptors (Lipinski definition) is 11. The van der Waals surface area contributed by atoms with Crippen molar-refractivity contribution in [3.63, 3.8) is 0 Å². The molecule has 0 saturated heterocycles. The van der Waals surface area contributed by atoms with Crippen molar-refractivity contribution in [3.8, 4) is 28.7 Å². The molecule has 1 saturated carbocycles. The van der Waals surface area contributed by atoms with Crippen LogP contribution in [0, 0.1) is 5.92 Å². The van der Waals surface area contributed by atoms with Gasteiger partial charge in [0.05, 0.1) is 58.3 Å². The number of nitrogens with zero attached hydrogens (tertiary/aromatic N) is 2. The fraction of sp³-hybridized carbons (Fsp3) is 0.290. The van der Waals surface area contributed by atoms with E-state index in [1.165, 1.54) is 34.5 Å². The van der Waals surface area contributed by atoms with Gasteiger partial charge in [0, 0.05) is 17.6 Å². The van der Waals surface area contributed by atoms with Crippen LogP contribution in [-0.4, -0.2) is 55.5 Å². The second kappa shape index (κ2) is 14.2. The van der Waals surface area contributed by atoms with E-state index in [4.69, 9.17) is 23.7 Å². The minimum atomic E-state index is -1.52. The number of ether oxygens (including phenoxy) is 5. The number of aromatic nitrogens is 2. The Balaban J connectivity index is 0.00000423. The van der Waals surface area contributed by atoms with Crippen molar-refractivity contribution in [2.45, 2.75) is 19.3 Å². The van der Waals surface area contributed by atoms with E-state index in [0.29, 0.717) is 52.1 Å². The summed E-state index contributed by atoms with van der Waals surface area (Å²) in [5, 5.41) is 12.8. The Morgan fingerprint density at radius 3 is 2.14 bits per heavy atom. The van der Waals surface area contributed by atoms with Crippen LogP contribution in [0.3, 0.4) is 0 Å². The van der Waals surface area contributed by atoms with Crippen molar-refractivity contribution in [2.24, 2.45) is 5.92 Å². The summed E-state index contributed by atoms with van der Waals surface area (Å²) in [6.07, 6.45) is 2.12. The van der Waals surface area contributed by atoms with E-state index >= 15 is 0 Å². The number of carboxylic acid groups (broad SMARTS) is 1. The average molecular weight is 613 g/mol. The molecule has 218 valence electrons. The zero-order valence-electron chi connectivity index (χ0n) is 24.6. The molecule has 1 heterocycles. The molecule has 12 heteroatoms. The summed E-state index contributed by atoms with van der Waals surface area (Å²) in [7, 11) is 5.92. The summed E-state index contributed by atoms with van der Waals surface area (Å²) in [5.41, 5.74) is 1.73. The number of ketones is 1. The van der Waals surface area contributed by atoms with E-state index in [9.17, 15) is 14.7 Å². The number of aliphatic carboxylic acids is 1. The minimum absolute atomic E-state index is 0. The van der Waals surface area contributed by atoms with Gasteiger partial charge in [-0.15, -0.1) is 0 Å². The summed E-state index contributed by atoms with van der Waals surface area (Å²) in [5.74, 6) is 0.322. The third kappa shape index (κ3) is 7.13. The quantitative estimate of drug-likeness (QED) is 0.123. The number of allylic oxidation sites excluding steroid dienone is 1. The van der Waals surface area contributed by atoms with Crippen molar-refractivity contribution in [3.05, 3.63) is 70.8 Å². The number of Topliss-reactive ketones (excluding diaryl/α,β-unsaturated/α-hetero) is 1. The van der Waals surface area contributed by atoms with Crippen molar-refractivity contribution >= 4 is 40.1 Å². The molecular weight excluding hydrogens is 583 g/mol. The maximum absolute atomic E-state index is 14.3. The molecule has 0 amide bonds. The molecule has 3 aromatic carbocycles. The molecule has 4 aromatic rings. The molecule has 10 nitrogen and oxygen atoms in total. The van der Waals surface area contributed by atoms with Crippen LogP contribution < -0.4 is 58.3 Å². The maximum Gasteiger partial charge on any atom is 1.00 e. The molecule has 1 aliphatic rings. The van der Waals surface area contributed by atoms with Crippen molar-refractivity contribution in [1.82, 2.24) is 8.75 Å². The Hall–Kier alpha value is -3.64. The molecule has 5 rings (SSSR count). The van der Waals surface area contributed by atoms with E-state index in [2.05, 4.69) is 8.75 Å². The summed E-state index contributed by atoms with van der Waals surface area (Å²) < 4.78 is 36.5. The predicted molar refractivity (Wildman–Crippen MR) is 155 cm³/mol. The van der Waals surface area contributed by atoms with E-state index in [1.807, 2.05) is 0 Å². The third-order valence-corrected chi connectivity index (χ3v) is 7.59. The number of fused-ring (bicyclic) bond motifs is 1. The first-order chi connectivity index (χ1) is 20.4. The molecule has 1 aromatic heterocycles. The van der Waals surface area contributed by atoms with Crippen LogP contribution in [0.1, 0.15) is 34.3 Å². The van der Waals surface area contributed by atoms with Gasteiger partial charge in [0.15, 0.2) is 17.3 Å². The van der Waals surface area contributed by atoms with Gasteiger partial charge >= 0.3 is 29.6 Å². The Labute approximate surface area is 275 Å². The number of carbonyl (C=O) groups excluding carboxylic acids is 2. The Bertz CT molecular complexity index is 1660. The zero-order chi connectivity index (χ0) is 29.8. The topological polar surface area (TPSA) is 129 Å². The van der Waals surface area contributed by atoms with Crippen LogP contribution in [0.15, 0.2) is 54.1 Å². The Morgan fingerprint density at radius 2 is 1.53 bits per heavy atom. The molecule has 0 unspecified atom stereocenters. The molecule has 0 N–H and O–H groups in total. The predicted octanol–water partition coefficient (Wildman–Crippen LogP) is 1.15. The summed E-state index contributed by atoms with van der Waals surface area (Å²) in [4.78, 5) is 27.1. The minimum Gasteiger partial charge on any atom is -0.545 e. The fourth-order valence-corrected chi connectivity index (χ4v) is 5.17. The number of hydrogen-bond donors (Lipinski definition) is 0. The molecule has 0 aliphatic heterocycles. The maximum atomic E-state index is 14.3. The molecular formula is C31H29N2NaO8S. The van der Waals surface area contributed by atoms with E-state index in [1.54, 1.807) is 42.5 Å². The molecule has 0 radical (unpaired) electrons. The van der Waals surface area contributed by atoms with Crippen LogP contribution in [0.25, 0.3) is 16.6 Å². The van der Waals surface area contributed by atoms with Gasteiger partial charge in [0.25, 0.3) is 0 Å². The summed E-state index contributed by atoms with van der Waals surface area (Å²) >= 11 is 1.01. The van der Waals surface area contributed by atoms with Gasteiger partial charge in [-0.25, -0.2) is 0 Å². The van der Waals surface area contributed by atoms with E-state index in [0.717, 1.165) is 24.6 Å². The molecule has 0 spiro atoms. The first kappa shape index (κ1) is 32.3. The third-order valence-electron chi connectivity index (χ3n) is 7.04. The van der Waals surface area contributed by atoms with Gasteiger partial charge < -0.3 is 33.6 Å². The molecule has 1 fully saturated rings. The summed E-state index contributed by atoms with van der Waals surface area (Å²) in [6, 6.07) is 13.0. The largest absolute Gasteiger partial charge is 1.00 e. The van der Waals surface area contributed by atoms with Crippen LogP contribution in [0.4, 0.5) is 0 Å². The van der Waals surface area contributed by atoms with E-state index < -0.39 is 11.8 Å². The van der Waals surface area contributed by atoms with Crippen molar-refractivity contribution in [1.29, 1.82) is 0 Å². The zero-order valence-corrected chi connectivity index (χ0v) is 27.4. The average Bonchev–Trinajstić information content (AvgIpc) is 3.72. The fourth-order valence-electron chi connectivity index (χ4n) is 4.66. The number of benzene rings is 3. The molecule has 1 aliphatic carbocycles. The van der Waals surface area contributed by atoms with Crippen LogP contribution in [0.5, 0.6) is 28.7 Å². The SMILES string of the molecule is COc1ccc(OC)c(C(=O)C(Cc2cc(OC)c(OCC3CC3)c(OC)c2)=C(C(=O)[O-])c2ccc3nsnc3c2)c1.[Na+]. The van der Waals surface area contributed by atoms with Gasteiger partial charge in [-0.3, -0.25) is 4.79 Å². The van der Waals surface area contributed by atoms with Gasteiger partial charge in [0.2, 0.25) is 5.75 Å². The Kier molecular flexibility index (Phi) is 10.7. The van der Waals surface area contributed by atoms with Crippen LogP contribution in [-0.2, 0) is 11.2 Å². The van der Waals surface area contributed by atoms with Crippen LogP contribution in [0.2, 0.25) is 0 Å². The number of carboxylic acids is 1. The van der Waals surface area contributed by atoms with Crippen LogP contribution >= 0.6 is 11.7 Å². The van der Waals surface area contributed by atoms with Crippen molar-refractivity contribution < 1.29 is 67.9 Å². The smallest absolute Gasteiger partial charge is 0.545 e. The molecule has 0 bridgehead atoms. The first-order valence-corrected chi connectivity index (χ1v) is 13.9. The monoisotopic (exact) mass is 612 g/mol. The van der Waals surface area contributed by atoms with Crippen molar-refractivity contribution in [2.75, 3.05) is 35.0 Å². The number of methoxy groups -OCH3 is 4. The second-order valence-electron chi connectivity index (χ2n) is 9.76. The number of rotatable bonds is 13. The van der Waals surface area contributed by atoms with Gasteiger partial charge in [-0.2, -0.15) is 8.75 Å². The van der Waals surface area contributed by atoms with E-state index in [-0.39, 0.29) is 64.0 Å². The number of carbonyl (C=O) groups is 2. The Morgan fingerprint density at radius 1 is 0.860 bits per heavy atom. The summed E-state index contributed by atoms with van der Waals surface area (Å²) in [6.45, 7) is 0.536. The normalized spacial score (nSPS) is 13.0. The standard InChI is InChI=1S/C31H30N2O8S.Na/c1-37-20-8-10-25(38-2)21(15-20)29(34)22(28(31(35)36)19-7-9-23-24(14-19)33-42-32-23)11-18-12-26(39-3)30(27(13-18)40-4)41-16-17-5-6-17;/h7-10,12-15,17H,5-6,11,16H2,1-4H3,(H,35,36);/q;+1/p-1. The van der Waals surface area contributed by atoms with Gasteiger partial charge in [-0.05, 0) is 72.4 Å². The first-order valence-electron chi connectivity index (χ1n) is 13.2. The van der Waals surface area contributed by atoms with Gasteiger partial charge in [0.1, 0.15) is 22.5 Å².